The summed E-state index contributed by atoms with van der Waals surface area (Å²) in [7, 11) is 0. The van der Waals surface area contributed by atoms with Crippen molar-refractivity contribution >= 4 is 18.0 Å². The fourth-order valence-corrected chi connectivity index (χ4v) is 3.21. The molecular formula is C20H20F6N2O8. The molecule has 1 aromatic rings. The Bertz CT molecular complexity index is 1020. The molecule has 10 nitrogen and oxygen atoms in total. The fraction of sp³-hybridized carbons (Fsp3) is 0.500. The molecule has 16 heteroatoms. The smallest absolute Gasteiger partial charge is 0.475 e. The summed E-state index contributed by atoms with van der Waals surface area (Å²) in [6.07, 6.45) is -12.2. The van der Waals surface area contributed by atoms with Gasteiger partial charge in [-0.05, 0) is 30.2 Å². The van der Waals surface area contributed by atoms with E-state index in [2.05, 4.69) is 9.57 Å². The van der Waals surface area contributed by atoms with E-state index in [1.54, 1.807) is 0 Å². The van der Waals surface area contributed by atoms with Gasteiger partial charge in [0.1, 0.15) is 24.7 Å². The molecule has 0 aliphatic carbocycles. The maximum Gasteiger partial charge on any atom is 0.573 e. The van der Waals surface area contributed by atoms with E-state index in [0.717, 1.165) is 24.0 Å². The van der Waals surface area contributed by atoms with Crippen molar-refractivity contribution in [2.45, 2.75) is 38.9 Å². The van der Waals surface area contributed by atoms with Gasteiger partial charge in [-0.2, -0.15) is 13.2 Å². The van der Waals surface area contributed by atoms with Crippen LogP contribution in [0.1, 0.15) is 25.0 Å². The lowest BCUT2D eigenvalue weighted by molar-refractivity contribution is -0.757. The molecule has 200 valence electrons. The van der Waals surface area contributed by atoms with E-state index in [1.165, 1.54) is 6.92 Å². The third-order valence-electron chi connectivity index (χ3n) is 4.74. The SMILES string of the molecule is CCc1cc(OC(F)(F)F)cc2c1OC(C(F)(F)F)C(C(=O)OCCN(CCO[N+](=O)[O-])C(C)=O)=C2. The van der Waals surface area contributed by atoms with Gasteiger partial charge in [0.2, 0.25) is 12.0 Å². The molecule has 0 saturated carbocycles. The molecule has 0 radical (unpaired) electrons. The number of rotatable bonds is 10. The maximum absolute atomic E-state index is 13.7. The first-order valence-electron chi connectivity index (χ1n) is 10.2. The van der Waals surface area contributed by atoms with Crippen molar-refractivity contribution in [3.05, 3.63) is 38.9 Å². The van der Waals surface area contributed by atoms with Crippen LogP contribution in [0, 0.1) is 10.1 Å². The molecule has 2 rings (SSSR count). The number of aryl methyl sites for hydroxylation is 1. The Morgan fingerprint density at radius 1 is 1.14 bits per heavy atom. The Labute approximate surface area is 199 Å². The highest BCUT2D eigenvalue weighted by atomic mass is 19.4. The molecule has 1 unspecified atom stereocenters. The molecule has 1 atom stereocenters. The first-order valence-corrected chi connectivity index (χ1v) is 10.2. The minimum atomic E-state index is -5.08. The van der Waals surface area contributed by atoms with Crippen molar-refractivity contribution in [2.75, 3.05) is 26.3 Å². The second-order valence-corrected chi connectivity index (χ2v) is 7.24. The van der Waals surface area contributed by atoms with Crippen molar-refractivity contribution in [1.29, 1.82) is 0 Å². The van der Waals surface area contributed by atoms with Crippen molar-refractivity contribution in [3.8, 4) is 11.5 Å². The highest BCUT2D eigenvalue weighted by molar-refractivity contribution is 5.96. The summed E-state index contributed by atoms with van der Waals surface area (Å²) in [5.74, 6) is -3.15. The number of hydrogen-bond donors (Lipinski definition) is 0. The summed E-state index contributed by atoms with van der Waals surface area (Å²) < 4.78 is 92.7. The van der Waals surface area contributed by atoms with E-state index in [0.29, 0.717) is 6.08 Å². The molecule has 0 fully saturated rings. The molecule has 1 heterocycles. The largest absolute Gasteiger partial charge is 0.573 e. The number of fused-ring (bicyclic) bond motifs is 1. The quantitative estimate of drug-likeness (QED) is 0.195. The number of ether oxygens (including phenoxy) is 3. The van der Waals surface area contributed by atoms with E-state index < -0.39 is 60.1 Å². The molecule has 0 bridgehead atoms. The summed E-state index contributed by atoms with van der Waals surface area (Å²) in [6, 6.07) is 1.66. The second-order valence-electron chi connectivity index (χ2n) is 7.24. The van der Waals surface area contributed by atoms with Crippen LogP contribution in [0.4, 0.5) is 26.3 Å². The lowest BCUT2D eigenvalue weighted by atomic mass is 9.97. The van der Waals surface area contributed by atoms with Crippen LogP contribution < -0.4 is 9.47 Å². The average molecular weight is 530 g/mol. The molecule has 1 amide bonds. The van der Waals surface area contributed by atoms with Gasteiger partial charge in [-0.25, -0.2) is 4.79 Å². The van der Waals surface area contributed by atoms with Crippen LogP contribution in [0.15, 0.2) is 17.7 Å². The Balaban J connectivity index is 2.27. The minimum absolute atomic E-state index is 0.00334. The van der Waals surface area contributed by atoms with Crippen LogP contribution in [0.25, 0.3) is 6.08 Å². The van der Waals surface area contributed by atoms with E-state index in [1.807, 2.05) is 0 Å². The van der Waals surface area contributed by atoms with Crippen LogP contribution in [0.5, 0.6) is 11.5 Å². The van der Waals surface area contributed by atoms with Gasteiger partial charge in [0, 0.05) is 19.0 Å². The molecule has 36 heavy (non-hydrogen) atoms. The van der Waals surface area contributed by atoms with Gasteiger partial charge in [0.15, 0.2) is 0 Å². The molecule has 0 N–H and O–H groups in total. The van der Waals surface area contributed by atoms with Gasteiger partial charge in [0.25, 0.3) is 5.09 Å². The van der Waals surface area contributed by atoms with Gasteiger partial charge >= 0.3 is 18.5 Å². The molecule has 0 spiro atoms. The van der Waals surface area contributed by atoms with Crippen molar-refractivity contribution in [3.63, 3.8) is 0 Å². The first kappa shape index (κ1) is 28.5. The van der Waals surface area contributed by atoms with Gasteiger partial charge < -0.3 is 23.9 Å². The summed E-state index contributed by atoms with van der Waals surface area (Å²) in [5.41, 5.74) is -1.31. The normalized spacial score (nSPS) is 15.2. The zero-order valence-corrected chi connectivity index (χ0v) is 18.8. The molecule has 1 aliphatic rings. The zero-order valence-electron chi connectivity index (χ0n) is 18.8. The van der Waals surface area contributed by atoms with E-state index in [9.17, 15) is 46.0 Å². The summed E-state index contributed by atoms with van der Waals surface area (Å²) >= 11 is 0. The molecule has 1 aromatic carbocycles. The Hall–Kier alpha value is -3.72. The van der Waals surface area contributed by atoms with Gasteiger partial charge in [0.05, 0.1) is 12.1 Å². The molecular weight excluding hydrogens is 510 g/mol. The summed E-state index contributed by atoms with van der Waals surface area (Å²) in [4.78, 5) is 39.4. The van der Waals surface area contributed by atoms with Crippen LogP contribution in [-0.4, -0.2) is 66.8 Å². The number of amides is 1. The zero-order chi connectivity index (χ0) is 27.3. The minimum Gasteiger partial charge on any atom is -0.475 e. The van der Waals surface area contributed by atoms with Crippen molar-refractivity contribution in [1.82, 2.24) is 4.90 Å². The fourth-order valence-electron chi connectivity index (χ4n) is 3.21. The number of nitrogens with zero attached hydrogens (tertiary/aromatic N) is 2. The number of alkyl halides is 6. The lowest BCUT2D eigenvalue weighted by Gasteiger charge is -2.29. The number of carbonyl (C=O) groups is 2. The monoisotopic (exact) mass is 530 g/mol. The van der Waals surface area contributed by atoms with E-state index >= 15 is 0 Å². The van der Waals surface area contributed by atoms with Gasteiger partial charge in [-0.3, -0.25) is 4.79 Å². The number of benzene rings is 1. The van der Waals surface area contributed by atoms with Crippen LogP contribution in [0.3, 0.4) is 0 Å². The van der Waals surface area contributed by atoms with Gasteiger partial charge in [-0.15, -0.1) is 23.3 Å². The van der Waals surface area contributed by atoms with Crippen LogP contribution >= 0.6 is 0 Å². The molecule has 0 saturated heterocycles. The van der Waals surface area contributed by atoms with Gasteiger partial charge in [-0.1, -0.05) is 6.92 Å². The highest BCUT2D eigenvalue weighted by Gasteiger charge is 2.49. The first-order chi connectivity index (χ1) is 16.6. The third-order valence-corrected chi connectivity index (χ3v) is 4.74. The number of esters is 1. The number of hydrogen-bond acceptors (Lipinski definition) is 8. The third kappa shape index (κ3) is 7.91. The standard InChI is InChI=1S/C20H20F6N2O8/c1-3-12-8-14(36-20(24,25)26)9-13-10-15(17(19(21,22)23)35-16(12)13)18(30)33-6-4-27(11(2)29)5-7-34-28(31)32/h8-10,17H,3-7H2,1-2H3. The summed E-state index contributed by atoms with van der Waals surface area (Å²) in [5, 5.41) is 9.11. The van der Waals surface area contributed by atoms with Crippen molar-refractivity contribution < 1.29 is 60.1 Å². The number of halogens is 6. The predicted octanol–water partition coefficient (Wildman–Crippen LogP) is 3.45. The average Bonchev–Trinajstić information content (AvgIpc) is 2.74. The Morgan fingerprint density at radius 2 is 1.78 bits per heavy atom. The maximum atomic E-state index is 13.7. The topological polar surface area (TPSA) is 117 Å². The highest BCUT2D eigenvalue weighted by Crippen LogP contribution is 2.42. The van der Waals surface area contributed by atoms with Crippen molar-refractivity contribution in [2.24, 2.45) is 0 Å². The van der Waals surface area contributed by atoms with Crippen LogP contribution in [0.2, 0.25) is 0 Å². The summed E-state index contributed by atoms with van der Waals surface area (Å²) in [6.45, 7) is 0.905. The van der Waals surface area contributed by atoms with E-state index in [4.69, 9.17) is 9.47 Å². The Kier molecular flexibility index (Phi) is 8.99. The second kappa shape index (κ2) is 11.3. The Morgan fingerprint density at radius 3 is 2.31 bits per heavy atom. The lowest BCUT2D eigenvalue weighted by Crippen LogP contribution is -2.41. The predicted molar refractivity (Wildman–Crippen MR) is 107 cm³/mol. The van der Waals surface area contributed by atoms with E-state index in [-0.39, 0.29) is 36.4 Å². The van der Waals surface area contributed by atoms with Crippen LogP contribution in [-0.2, 0) is 25.6 Å². The number of carbonyl (C=O) groups excluding carboxylic acids is 2. The molecule has 0 aromatic heterocycles. The molecule has 1 aliphatic heterocycles.